The van der Waals surface area contributed by atoms with Crippen LogP contribution in [0.15, 0.2) is 41.2 Å². The van der Waals surface area contributed by atoms with E-state index in [1.807, 2.05) is 24.3 Å². The van der Waals surface area contributed by atoms with E-state index in [1.165, 1.54) is 24.2 Å². The molecule has 7 nitrogen and oxygen atoms in total. The summed E-state index contributed by atoms with van der Waals surface area (Å²) < 4.78 is 31.9. The van der Waals surface area contributed by atoms with Crippen molar-refractivity contribution in [2.45, 2.75) is 51.9 Å². The molecule has 3 aliphatic heterocycles. The molecule has 2 atom stereocenters. The number of aliphatic imine (C=N–C) groups is 1. The molecule has 1 saturated carbocycles. The van der Waals surface area contributed by atoms with E-state index in [1.54, 1.807) is 0 Å². The zero-order chi connectivity index (χ0) is 26.0. The first kappa shape index (κ1) is 25.9. The van der Waals surface area contributed by atoms with Gasteiger partial charge in [0.25, 0.3) is 5.92 Å². The maximum atomic E-state index is 13.0. The normalized spacial score (nSPS) is 25.5. The van der Waals surface area contributed by atoms with Crippen molar-refractivity contribution in [1.82, 2.24) is 15.3 Å². The number of nitrogens with one attached hydrogen (secondary N) is 1. The van der Waals surface area contributed by atoms with Gasteiger partial charge in [0.15, 0.2) is 0 Å². The summed E-state index contributed by atoms with van der Waals surface area (Å²) >= 11 is 0. The van der Waals surface area contributed by atoms with Gasteiger partial charge in [-0.25, -0.2) is 13.8 Å². The molecule has 3 heterocycles. The molecule has 0 aromatic heterocycles. The monoisotopic (exact) mass is 516 g/mol. The highest BCUT2D eigenvalue weighted by Crippen LogP contribution is 2.50. The Morgan fingerprint density at radius 2 is 1.95 bits per heavy atom. The molecule has 1 aromatic rings. The molecule has 1 aliphatic carbocycles. The van der Waals surface area contributed by atoms with Crippen molar-refractivity contribution >= 4 is 11.7 Å². The van der Waals surface area contributed by atoms with Gasteiger partial charge >= 0.3 is 0 Å². The Morgan fingerprint density at radius 3 is 2.62 bits per heavy atom. The van der Waals surface area contributed by atoms with Crippen LogP contribution >= 0.6 is 0 Å². The fourth-order valence-electron chi connectivity index (χ4n) is 5.61. The Balaban J connectivity index is 0.996. The van der Waals surface area contributed by atoms with Crippen LogP contribution in [-0.2, 0) is 16.1 Å². The molecule has 0 radical (unpaired) electrons. The maximum Gasteiger partial charge on any atom is 0.282 e. The molecule has 3 fully saturated rings. The van der Waals surface area contributed by atoms with Crippen molar-refractivity contribution in [3.05, 3.63) is 41.7 Å². The van der Waals surface area contributed by atoms with Gasteiger partial charge in [0.1, 0.15) is 17.4 Å². The molecule has 1 aromatic carbocycles. The molecule has 37 heavy (non-hydrogen) atoms. The molecule has 5 rings (SSSR count). The van der Waals surface area contributed by atoms with Crippen molar-refractivity contribution in [3.8, 4) is 5.75 Å². The summed E-state index contributed by atoms with van der Waals surface area (Å²) in [4.78, 5) is 25.9. The number of piperidine rings is 1. The Hall–Kier alpha value is -2.68. The smallest absolute Gasteiger partial charge is 0.282 e. The standard InChI is InChI=1S/C28H38F2N4O3/c1-19(2)27-31-25(10-14-37-32-27)33-11-7-21(8-12-33)24-16-22(24)9-13-36-23-5-3-20(4-6-23)15-26(35)34-17-28(29,30)18-34/h3-6,10,19,21-22,24H,7-9,11-18H2,1-2H3,(H,31,32). The number of likely N-dealkylation sites (tertiary alicyclic amines) is 2. The Labute approximate surface area is 217 Å². The molecule has 0 spiro atoms. The third-order valence-corrected chi connectivity index (χ3v) is 7.99. The van der Waals surface area contributed by atoms with Crippen molar-refractivity contribution in [2.24, 2.45) is 28.7 Å². The van der Waals surface area contributed by atoms with Gasteiger partial charge in [-0.1, -0.05) is 26.0 Å². The molecule has 2 saturated heterocycles. The van der Waals surface area contributed by atoms with Gasteiger partial charge in [0.05, 0.1) is 32.7 Å². The predicted molar refractivity (Wildman–Crippen MR) is 137 cm³/mol. The fourth-order valence-corrected chi connectivity index (χ4v) is 5.61. The Bertz CT molecular complexity index is 1010. The minimum Gasteiger partial charge on any atom is -0.494 e. The molecule has 9 heteroatoms. The summed E-state index contributed by atoms with van der Waals surface area (Å²) in [6.45, 7) is 6.60. The molecule has 0 bridgehead atoms. The number of hydrogen-bond donors (Lipinski definition) is 1. The van der Waals surface area contributed by atoms with E-state index in [2.05, 4.69) is 30.3 Å². The second-order valence-corrected chi connectivity index (χ2v) is 11.2. The van der Waals surface area contributed by atoms with Gasteiger partial charge in [-0.3, -0.25) is 15.1 Å². The number of nitrogens with zero attached hydrogens (tertiary/aromatic N) is 3. The number of hydrogen-bond acceptors (Lipinski definition) is 6. The molecule has 2 unspecified atom stereocenters. The summed E-state index contributed by atoms with van der Waals surface area (Å²) in [5.74, 6) is 2.34. The van der Waals surface area contributed by atoms with Crippen LogP contribution in [0.2, 0.25) is 0 Å². The van der Waals surface area contributed by atoms with Gasteiger partial charge in [-0.15, -0.1) is 0 Å². The fraction of sp³-hybridized carbons (Fsp3) is 0.643. The van der Waals surface area contributed by atoms with Gasteiger partial charge < -0.3 is 14.5 Å². The van der Waals surface area contributed by atoms with Gasteiger partial charge in [-0.05, 0) is 67.2 Å². The van der Waals surface area contributed by atoms with Crippen molar-refractivity contribution in [1.29, 1.82) is 0 Å². The summed E-state index contributed by atoms with van der Waals surface area (Å²) in [6, 6.07) is 7.42. The minimum atomic E-state index is -2.72. The highest BCUT2D eigenvalue weighted by atomic mass is 19.3. The lowest BCUT2D eigenvalue weighted by Gasteiger charge is -2.38. The maximum absolute atomic E-state index is 13.0. The van der Waals surface area contributed by atoms with Crippen LogP contribution in [0.25, 0.3) is 0 Å². The predicted octanol–water partition coefficient (Wildman–Crippen LogP) is 4.25. The van der Waals surface area contributed by atoms with Crippen molar-refractivity contribution in [3.63, 3.8) is 0 Å². The van der Waals surface area contributed by atoms with Gasteiger partial charge in [-0.2, -0.15) is 0 Å². The Morgan fingerprint density at radius 1 is 1.22 bits per heavy atom. The van der Waals surface area contributed by atoms with Gasteiger partial charge in [0.2, 0.25) is 5.91 Å². The highest BCUT2D eigenvalue weighted by molar-refractivity contribution is 5.84. The zero-order valence-electron chi connectivity index (χ0n) is 21.8. The highest BCUT2D eigenvalue weighted by Gasteiger charge is 2.46. The van der Waals surface area contributed by atoms with Crippen LogP contribution in [0.5, 0.6) is 5.75 Å². The van der Waals surface area contributed by atoms with E-state index in [4.69, 9.17) is 14.6 Å². The van der Waals surface area contributed by atoms with Crippen molar-refractivity contribution in [2.75, 3.05) is 39.4 Å². The number of alkyl halides is 2. The third-order valence-electron chi connectivity index (χ3n) is 7.99. The average molecular weight is 517 g/mol. The van der Waals surface area contributed by atoms with Crippen LogP contribution in [0.3, 0.4) is 0 Å². The second-order valence-electron chi connectivity index (χ2n) is 11.2. The number of carbonyl (C=O) groups excluding carboxylic acids is 1. The van der Waals surface area contributed by atoms with E-state index < -0.39 is 19.0 Å². The van der Waals surface area contributed by atoms with E-state index >= 15 is 0 Å². The summed E-state index contributed by atoms with van der Waals surface area (Å²) in [6.07, 6.45) is 6.97. The molecule has 1 amide bonds. The topological polar surface area (TPSA) is 66.4 Å². The van der Waals surface area contributed by atoms with Crippen LogP contribution < -0.4 is 10.2 Å². The third kappa shape index (κ3) is 6.61. The summed E-state index contributed by atoms with van der Waals surface area (Å²) in [7, 11) is 0. The number of carbonyl (C=O) groups is 1. The number of amides is 1. The largest absolute Gasteiger partial charge is 0.494 e. The van der Waals surface area contributed by atoms with Gasteiger partial charge in [0, 0.05) is 19.0 Å². The number of ether oxygens (including phenoxy) is 1. The van der Waals surface area contributed by atoms with Crippen LogP contribution in [0.1, 0.15) is 45.1 Å². The quantitative estimate of drug-likeness (QED) is 0.532. The summed E-state index contributed by atoms with van der Waals surface area (Å²) in [5, 5.41) is 0. The summed E-state index contributed by atoms with van der Waals surface area (Å²) in [5.41, 5.74) is 3.78. The number of hydroxylamine groups is 1. The first-order chi connectivity index (χ1) is 17.8. The van der Waals surface area contributed by atoms with Crippen molar-refractivity contribution < 1.29 is 23.1 Å². The lowest BCUT2D eigenvalue weighted by molar-refractivity contribution is -0.165. The Kier molecular flexibility index (Phi) is 7.70. The molecule has 202 valence electrons. The van der Waals surface area contributed by atoms with Crippen LogP contribution in [0.4, 0.5) is 8.78 Å². The molecule has 1 N–H and O–H groups in total. The van der Waals surface area contributed by atoms with E-state index in [-0.39, 0.29) is 12.3 Å². The number of benzene rings is 1. The van der Waals surface area contributed by atoms with E-state index in [9.17, 15) is 13.6 Å². The average Bonchev–Trinajstić information content (AvgIpc) is 3.67. The molecular weight excluding hydrogens is 478 g/mol. The lowest BCUT2D eigenvalue weighted by Crippen LogP contribution is -2.58. The van der Waals surface area contributed by atoms with E-state index in [0.717, 1.165) is 60.2 Å². The number of halogens is 2. The lowest BCUT2D eigenvalue weighted by atomic mass is 9.90. The molecular formula is C28H38F2N4O3. The van der Waals surface area contributed by atoms with Crippen LogP contribution in [-0.4, -0.2) is 66.9 Å². The van der Waals surface area contributed by atoms with Crippen LogP contribution in [0, 0.1) is 23.7 Å². The second kappa shape index (κ2) is 11.0. The number of rotatable bonds is 9. The number of amidine groups is 1. The first-order valence-corrected chi connectivity index (χ1v) is 13.6. The SMILES string of the molecule is CC(C)C1=NC(N2CCC(C3CC3CCOc3ccc(CC(=O)N4CC(F)(F)C4)cc3)CC2)=CCON1. The van der Waals surface area contributed by atoms with E-state index in [0.29, 0.717) is 19.1 Å². The first-order valence-electron chi connectivity index (χ1n) is 13.6. The zero-order valence-corrected chi connectivity index (χ0v) is 21.8. The molecule has 4 aliphatic rings. The minimum absolute atomic E-state index is 0.145.